The first-order chi connectivity index (χ1) is 8.25. The Labute approximate surface area is 97.6 Å². The Morgan fingerprint density at radius 3 is 2.35 bits per heavy atom. The first-order valence-corrected chi connectivity index (χ1v) is 5.22. The molecule has 1 aliphatic heterocycles. The summed E-state index contributed by atoms with van der Waals surface area (Å²) in [5.41, 5.74) is 2.25. The molecule has 17 heavy (non-hydrogen) atoms. The van der Waals surface area contributed by atoms with Crippen molar-refractivity contribution >= 4 is 11.8 Å². The number of ether oxygens (including phenoxy) is 1. The molecular weight excluding hydrogens is 216 g/mol. The van der Waals surface area contributed by atoms with Gasteiger partial charge in [0.25, 0.3) is 5.78 Å². The Bertz CT molecular complexity index is 615. The quantitative estimate of drug-likeness (QED) is 0.424. The van der Waals surface area contributed by atoms with Crippen LogP contribution in [-0.2, 0) is 4.79 Å². The van der Waals surface area contributed by atoms with E-state index in [1.54, 1.807) is 12.1 Å². The molecule has 3 rings (SSSR count). The summed E-state index contributed by atoms with van der Waals surface area (Å²) >= 11 is 0. The first kappa shape index (κ1) is 9.78. The minimum Gasteiger partial charge on any atom is -0.420 e. The van der Waals surface area contributed by atoms with Crippen LogP contribution in [0.2, 0.25) is 0 Å². The normalized spacial score (nSPS) is 13.4. The molecule has 0 aromatic heterocycles. The number of esters is 1. The van der Waals surface area contributed by atoms with Crippen molar-refractivity contribution in [3.05, 3.63) is 54.1 Å². The molecule has 0 fully saturated rings. The van der Waals surface area contributed by atoms with Gasteiger partial charge in [-0.15, -0.1) is 0 Å². The predicted molar refractivity (Wildman–Crippen MR) is 61.8 cm³/mol. The zero-order valence-corrected chi connectivity index (χ0v) is 8.84. The van der Waals surface area contributed by atoms with Crippen LogP contribution in [0, 0.1) is 0 Å². The average Bonchev–Trinajstić information content (AvgIpc) is 2.66. The van der Waals surface area contributed by atoms with Crippen molar-refractivity contribution in [2.75, 3.05) is 0 Å². The van der Waals surface area contributed by atoms with Gasteiger partial charge < -0.3 is 4.74 Å². The highest BCUT2D eigenvalue weighted by Crippen LogP contribution is 2.30. The molecule has 0 amide bonds. The molecule has 0 atom stereocenters. The molecule has 0 radical (unpaired) electrons. The number of hydrogen-bond donors (Lipinski definition) is 0. The van der Waals surface area contributed by atoms with Crippen LogP contribution in [0.1, 0.15) is 10.4 Å². The molecule has 2 aromatic rings. The van der Waals surface area contributed by atoms with E-state index in [0.717, 1.165) is 11.1 Å². The molecule has 3 nitrogen and oxygen atoms in total. The van der Waals surface area contributed by atoms with E-state index < -0.39 is 11.8 Å². The standard InChI is InChI=1S/C14H8O3/c15-13-11-8-10(9-4-2-1-3-5-9)6-7-12(11)17-14(13)16/h1-8H. The highest BCUT2D eigenvalue weighted by atomic mass is 16.5. The Morgan fingerprint density at radius 1 is 0.824 bits per heavy atom. The Hall–Kier alpha value is -2.42. The Kier molecular flexibility index (Phi) is 2.05. The van der Waals surface area contributed by atoms with Crippen molar-refractivity contribution in [3.8, 4) is 16.9 Å². The molecule has 82 valence electrons. The number of benzene rings is 2. The fourth-order valence-corrected chi connectivity index (χ4v) is 1.86. The van der Waals surface area contributed by atoms with Gasteiger partial charge >= 0.3 is 5.97 Å². The number of carbonyl (C=O) groups excluding carboxylic acids is 2. The van der Waals surface area contributed by atoms with Crippen LogP contribution >= 0.6 is 0 Å². The Balaban J connectivity index is 2.12. The van der Waals surface area contributed by atoms with Gasteiger partial charge in [0.1, 0.15) is 5.75 Å². The number of carbonyl (C=O) groups is 2. The largest absolute Gasteiger partial charge is 0.420 e. The maximum atomic E-state index is 11.5. The number of hydrogen-bond acceptors (Lipinski definition) is 3. The third kappa shape index (κ3) is 1.52. The van der Waals surface area contributed by atoms with E-state index in [0.29, 0.717) is 11.3 Å². The number of Topliss-reactive ketones (excluding diaryl/α,β-unsaturated/α-hetero) is 1. The Morgan fingerprint density at radius 2 is 1.59 bits per heavy atom. The summed E-state index contributed by atoms with van der Waals surface area (Å²) in [7, 11) is 0. The lowest BCUT2D eigenvalue weighted by Crippen LogP contribution is -2.10. The van der Waals surface area contributed by atoms with E-state index in [-0.39, 0.29) is 0 Å². The second-order valence-electron chi connectivity index (χ2n) is 3.80. The molecule has 0 aliphatic carbocycles. The second-order valence-corrected chi connectivity index (χ2v) is 3.80. The third-order valence-corrected chi connectivity index (χ3v) is 2.72. The van der Waals surface area contributed by atoms with Gasteiger partial charge in [-0.25, -0.2) is 4.79 Å². The van der Waals surface area contributed by atoms with Gasteiger partial charge in [0, 0.05) is 0 Å². The number of ketones is 1. The maximum absolute atomic E-state index is 11.5. The highest BCUT2D eigenvalue weighted by molar-refractivity contribution is 6.44. The third-order valence-electron chi connectivity index (χ3n) is 2.72. The van der Waals surface area contributed by atoms with Gasteiger partial charge in [0.15, 0.2) is 0 Å². The van der Waals surface area contributed by atoms with Crippen molar-refractivity contribution in [1.29, 1.82) is 0 Å². The van der Waals surface area contributed by atoms with Crippen molar-refractivity contribution in [3.63, 3.8) is 0 Å². The van der Waals surface area contributed by atoms with Crippen LogP contribution < -0.4 is 4.74 Å². The van der Waals surface area contributed by atoms with Crippen LogP contribution in [0.15, 0.2) is 48.5 Å². The topological polar surface area (TPSA) is 43.4 Å². The highest BCUT2D eigenvalue weighted by Gasteiger charge is 2.30. The lowest BCUT2D eigenvalue weighted by Gasteiger charge is -2.02. The average molecular weight is 224 g/mol. The van der Waals surface area contributed by atoms with E-state index >= 15 is 0 Å². The van der Waals surface area contributed by atoms with E-state index in [1.807, 2.05) is 36.4 Å². The van der Waals surface area contributed by atoms with Gasteiger partial charge in [0.2, 0.25) is 0 Å². The maximum Gasteiger partial charge on any atom is 0.385 e. The smallest absolute Gasteiger partial charge is 0.385 e. The summed E-state index contributed by atoms with van der Waals surface area (Å²) in [6, 6.07) is 14.8. The fraction of sp³-hybridized carbons (Fsp3) is 0. The summed E-state index contributed by atoms with van der Waals surface area (Å²) in [5, 5.41) is 0. The summed E-state index contributed by atoms with van der Waals surface area (Å²) in [5.74, 6) is -1.03. The van der Waals surface area contributed by atoms with E-state index in [2.05, 4.69) is 0 Å². The number of rotatable bonds is 1. The van der Waals surface area contributed by atoms with Gasteiger partial charge in [-0.2, -0.15) is 0 Å². The van der Waals surface area contributed by atoms with Gasteiger partial charge in [-0.05, 0) is 23.3 Å². The fourth-order valence-electron chi connectivity index (χ4n) is 1.86. The molecular formula is C14H8O3. The summed E-state index contributed by atoms with van der Waals surface area (Å²) in [6.45, 7) is 0. The van der Waals surface area contributed by atoms with Gasteiger partial charge in [0.05, 0.1) is 5.56 Å². The van der Waals surface area contributed by atoms with E-state index in [4.69, 9.17) is 4.74 Å². The number of fused-ring (bicyclic) bond motifs is 1. The van der Waals surface area contributed by atoms with Gasteiger partial charge in [-0.1, -0.05) is 36.4 Å². The van der Waals surface area contributed by atoms with Crippen LogP contribution in [0.3, 0.4) is 0 Å². The minimum absolute atomic E-state index is 0.344. The summed E-state index contributed by atoms with van der Waals surface area (Å²) in [6.07, 6.45) is 0. The summed E-state index contributed by atoms with van der Waals surface area (Å²) < 4.78 is 4.82. The molecule has 0 saturated heterocycles. The molecule has 3 heteroatoms. The van der Waals surface area contributed by atoms with Crippen LogP contribution in [-0.4, -0.2) is 11.8 Å². The van der Waals surface area contributed by atoms with Crippen molar-refractivity contribution < 1.29 is 14.3 Å². The molecule has 0 unspecified atom stereocenters. The van der Waals surface area contributed by atoms with Crippen molar-refractivity contribution in [1.82, 2.24) is 0 Å². The molecule has 0 bridgehead atoms. The first-order valence-electron chi connectivity index (χ1n) is 5.22. The monoisotopic (exact) mass is 224 g/mol. The zero-order chi connectivity index (χ0) is 11.8. The molecule has 0 spiro atoms. The SMILES string of the molecule is O=C1Oc2ccc(-c3ccccc3)cc2C1=O. The van der Waals surface area contributed by atoms with Gasteiger partial charge in [-0.3, -0.25) is 4.79 Å². The predicted octanol–water partition coefficient (Wildman–Crippen LogP) is 2.46. The zero-order valence-electron chi connectivity index (χ0n) is 8.84. The second kappa shape index (κ2) is 3.56. The molecule has 1 heterocycles. The lowest BCUT2D eigenvalue weighted by atomic mass is 10.0. The van der Waals surface area contributed by atoms with Crippen LogP contribution in [0.25, 0.3) is 11.1 Å². The van der Waals surface area contributed by atoms with Crippen LogP contribution in [0.4, 0.5) is 0 Å². The molecule has 0 N–H and O–H groups in total. The van der Waals surface area contributed by atoms with Crippen molar-refractivity contribution in [2.45, 2.75) is 0 Å². The molecule has 1 aliphatic rings. The minimum atomic E-state index is -0.801. The van der Waals surface area contributed by atoms with E-state index in [9.17, 15) is 9.59 Å². The lowest BCUT2D eigenvalue weighted by molar-refractivity contribution is -0.128. The van der Waals surface area contributed by atoms with Crippen molar-refractivity contribution in [2.24, 2.45) is 0 Å². The van der Waals surface area contributed by atoms with E-state index in [1.165, 1.54) is 0 Å². The summed E-state index contributed by atoms with van der Waals surface area (Å²) in [4.78, 5) is 22.6. The molecule has 2 aromatic carbocycles. The van der Waals surface area contributed by atoms with Crippen LogP contribution in [0.5, 0.6) is 5.75 Å². The molecule has 0 saturated carbocycles.